The number of anilines is 1. The number of amides is 1. The number of halogens is 1. The van der Waals surface area contributed by atoms with Gasteiger partial charge in [-0.05, 0) is 18.9 Å². The molecule has 1 aromatic heterocycles. The first-order chi connectivity index (χ1) is 17.2. The minimum Gasteiger partial charge on any atom is -0.492 e. The zero-order chi connectivity index (χ0) is 26.1. The quantitative estimate of drug-likeness (QED) is 0.366. The fourth-order valence-corrected chi connectivity index (χ4v) is 4.49. The molecule has 12 nitrogen and oxygen atoms in total. The number of carbonyl (C=O) groups is 2. The number of aromatic carboxylic acids is 1. The molecule has 1 aromatic carbocycles. The average molecular weight is 506 g/mol. The molecule has 0 radical (unpaired) electrons. The smallest absolute Gasteiger partial charge is 0.341 e. The summed E-state index contributed by atoms with van der Waals surface area (Å²) in [6.07, 6.45) is 3.16. The molecule has 0 spiro atoms. The lowest BCUT2D eigenvalue weighted by Gasteiger charge is -2.36. The second-order valence-electron chi connectivity index (χ2n) is 8.76. The van der Waals surface area contributed by atoms with Crippen molar-refractivity contribution in [2.45, 2.75) is 37.4 Å². The van der Waals surface area contributed by atoms with E-state index < -0.39 is 47.4 Å². The van der Waals surface area contributed by atoms with Gasteiger partial charge in [-0.3, -0.25) is 9.59 Å². The van der Waals surface area contributed by atoms with Crippen molar-refractivity contribution >= 4 is 34.2 Å². The van der Waals surface area contributed by atoms with Crippen LogP contribution in [-0.4, -0.2) is 78.4 Å². The van der Waals surface area contributed by atoms with Crippen molar-refractivity contribution in [3.05, 3.63) is 33.9 Å². The molecule has 2 atom stereocenters. The maximum Gasteiger partial charge on any atom is 0.341 e. The van der Waals surface area contributed by atoms with E-state index in [1.54, 1.807) is 9.47 Å². The maximum absolute atomic E-state index is 15.6. The minimum absolute atomic E-state index is 0.0350. The molecule has 4 rings (SSSR count). The van der Waals surface area contributed by atoms with Crippen LogP contribution in [0.5, 0.6) is 5.75 Å². The van der Waals surface area contributed by atoms with Gasteiger partial charge in [-0.25, -0.2) is 9.18 Å². The predicted octanol–water partition coefficient (Wildman–Crippen LogP) is 0.199. The van der Waals surface area contributed by atoms with Crippen molar-refractivity contribution < 1.29 is 33.8 Å². The highest BCUT2D eigenvalue weighted by atomic mass is 19.1. The number of carboxylic acid groups (broad SMARTS) is 1. The zero-order valence-corrected chi connectivity index (χ0v) is 19.9. The van der Waals surface area contributed by atoms with E-state index in [0.29, 0.717) is 24.2 Å². The largest absolute Gasteiger partial charge is 0.492 e. The number of pyridine rings is 1. The third kappa shape index (κ3) is 4.58. The topological polar surface area (TPSA) is 169 Å². The van der Waals surface area contributed by atoms with Gasteiger partial charge < -0.3 is 40.3 Å². The van der Waals surface area contributed by atoms with E-state index in [-0.39, 0.29) is 29.4 Å². The monoisotopic (exact) mass is 505 g/mol. The Morgan fingerprint density at radius 2 is 2.08 bits per heavy atom. The normalized spacial score (nSPS) is 19.9. The summed E-state index contributed by atoms with van der Waals surface area (Å²) in [5.41, 5.74) is 5.28. The van der Waals surface area contributed by atoms with Gasteiger partial charge in [-0.2, -0.15) is 0 Å². The lowest BCUT2D eigenvalue weighted by atomic mass is 10.0. The van der Waals surface area contributed by atoms with E-state index in [1.807, 2.05) is 0 Å². The molecule has 1 aliphatic carbocycles. The van der Waals surface area contributed by atoms with Crippen LogP contribution in [0.2, 0.25) is 0 Å². The Bertz CT molecular complexity index is 1290. The first-order valence-electron chi connectivity index (χ1n) is 11.4. The summed E-state index contributed by atoms with van der Waals surface area (Å²) in [7, 11) is 2.72. The van der Waals surface area contributed by atoms with Crippen molar-refractivity contribution in [2.24, 2.45) is 10.9 Å². The third-order valence-corrected chi connectivity index (χ3v) is 6.39. The number of aromatic nitrogens is 1. The standard InChI is InChI=1S/C23H28FN5O7/c1-35-21-18-12(20(31)13(23(33)34)8-29(18)11-3-4-11)7-14(24)19(21)28-6-5-16(27-36-2)17(9-28)26-22(32)15(25)10-30/h7-8,11,15,17,30H,3-6,9-10,25H2,1-2H3,(H,26,32)(H,33,34)/b27-16+/t15-,17?/m1/s1. The first kappa shape index (κ1) is 25.4. The van der Waals surface area contributed by atoms with E-state index in [2.05, 4.69) is 10.5 Å². The summed E-state index contributed by atoms with van der Waals surface area (Å²) in [5, 5.41) is 25.3. The average Bonchev–Trinajstić information content (AvgIpc) is 3.69. The third-order valence-electron chi connectivity index (χ3n) is 6.39. The molecule has 5 N–H and O–H groups in total. The van der Waals surface area contributed by atoms with Crippen molar-refractivity contribution in [2.75, 3.05) is 38.8 Å². The van der Waals surface area contributed by atoms with Gasteiger partial charge in [-0.15, -0.1) is 0 Å². The van der Waals surface area contributed by atoms with Gasteiger partial charge in [0, 0.05) is 31.7 Å². The summed E-state index contributed by atoms with van der Waals surface area (Å²) in [6, 6.07) is -0.849. The lowest BCUT2D eigenvalue weighted by molar-refractivity contribution is -0.123. The number of nitrogens with zero attached hydrogens (tertiary/aromatic N) is 3. The van der Waals surface area contributed by atoms with Crippen molar-refractivity contribution in [1.82, 2.24) is 9.88 Å². The van der Waals surface area contributed by atoms with Gasteiger partial charge in [0.2, 0.25) is 11.3 Å². The number of carboxylic acids is 1. The van der Waals surface area contributed by atoms with Crippen LogP contribution in [0, 0.1) is 5.82 Å². The summed E-state index contributed by atoms with van der Waals surface area (Å²) in [5.74, 6) is -2.68. The summed E-state index contributed by atoms with van der Waals surface area (Å²) < 4.78 is 22.9. The Morgan fingerprint density at radius 3 is 2.67 bits per heavy atom. The van der Waals surface area contributed by atoms with Crippen LogP contribution >= 0.6 is 0 Å². The molecule has 2 fully saturated rings. The number of piperidine rings is 1. The molecule has 2 aromatic rings. The molecule has 1 aliphatic heterocycles. The fourth-order valence-electron chi connectivity index (χ4n) is 4.49. The van der Waals surface area contributed by atoms with Gasteiger partial charge in [0.15, 0.2) is 11.6 Å². The van der Waals surface area contributed by atoms with Crippen LogP contribution < -0.4 is 26.1 Å². The Morgan fingerprint density at radius 1 is 1.36 bits per heavy atom. The van der Waals surface area contributed by atoms with Crippen LogP contribution in [0.15, 0.2) is 22.2 Å². The van der Waals surface area contributed by atoms with Gasteiger partial charge in [0.05, 0.1) is 36.4 Å². The highest BCUT2D eigenvalue weighted by Crippen LogP contribution is 2.44. The van der Waals surface area contributed by atoms with Gasteiger partial charge >= 0.3 is 5.97 Å². The number of aliphatic hydroxyl groups excluding tert-OH is 1. The molecule has 194 valence electrons. The molecule has 2 aliphatic rings. The van der Waals surface area contributed by atoms with Crippen LogP contribution in [0.4, 0.5) is 10.1 Å². The summed E-state index contributed by atoms with van der Waals surface area (Å²) in [6.45, 7) is -0.185. The highest BCUT2D eigenvalue weighted by Gasteiger charge is 2.35. The number of aliphatic hydroxyl groups is 1. The van der Waals surface area contributed by atoms with E-state index >= 15 is 4.39 Å². The Hall–Kier alpha value is -3.71. The fraction of sp³-hybridized carbons (Fsp3) is 0.478. The second-order valence-corrected chi connectivity index (χ2v) is 8.76. The minimum atomic E-state index is -1.39. The second kappa shape index (κ2) is 10.1. The summed E-state index contributed by atoms with van der Waals surface area (Å²) in [4.78, 5) is 43.5. The molecule has 1 saturated heterocycles. The molecule has 1 amide bonds. The zero-order valence-electron chi connectivity index (χ0n) is 19.9. The van der Waals surface area contributed by atoms with E-state index in [4.69, 9.17) is 15.3 Å². The number of rotatable bonds is 8. The van der Waals surface area contributed by atoms with Gasteiger partial charge in [-0.1, -0.05) is 5.16 Å². The molecule has 13 heteroatoms. The number of hydrogen-bond donors (Lipinski definition) is 4. The number of nitrogens with one attached hydrogen (secondary N) is 1. The SMILES string of the molecule is CO/N=C1\CCN(c2c(F)cc3c(=O)c(C(=O)O)cn(C4CC4)c3c2OC)CC1NC(=O)[C@H](N)CO. The van der Waals surface area contributed by atoms with E-state index in [1.165, 1.54) is 20.4 Å². The number of carbonyl (C=O) groups excluding carboxylic acids is 1. The van der Waals surface area contributed by atoms with Crippen LogP contribution in [0.1, 0.15) is 35.7 Å². The molecule has 1 saturated carbocycles. The first-order valence-corrected chi connectivity index (χ1v) is 11.4. The van der Waals surface area contributed by atoms with Crippen molar-refractivity contribution in [3.8, 4) is 5.75 Å². The highest BCUT2D eigenvalue weighted by molar-refractivity contribution is 5.99. The number of benzene rings is 1. The number of oxime groups is 1. The molecule has 36 heavy (non-hydrogen) atoms. The van der Waals surface area contributed by atoms with Gasteiger partial charge in [0.1, 0.15) is 24.4 Å². The van der Waals surface area contributed by atoms with E-state index in [0.717, 1.165) is 18.9 Å². The van der Waals surface area contributed by atoms with Crippen LogP contribution in [-0.2, 0) is 9.63 Å². The number of ether oxygens (including phenoxy) is 1. The number of hydrogen-bond acceptors (Lipinski definition) is 9. The van der Waals surface area contributed by atoms with Crippen LogP contribution in [0.3, 0.4) is 0 Å². The Balaban J connectivity index is 1.83. The number of methoxy groups -OCH3 is 1. The molecular formula is C23H28FN5O7. The molecule has 2 heterocycles. The molecule has 1 unspecified atom stereocenters. The lowest BCUT2D eigenvalue weighted by Crippen LogP contribution is -2.57. The molecule has 0 bridgehead atoms. The number of nitrogens with two attached hydrogens (primary N) is 1. The van der Waals surface area contributed by atoms with Crippen molar-refractivity contribution in [3.63, 3.8) is 0 Å². The number of fused-ring (bicyclic) bond motifs is 1. The van der Waals surface area contributed by atoms with Gasteiger partial charge in [0.25, 0.3) is 0 Å². The summed E-state index contributed by atoms with van der Waals surface area (Å²) >= 11 is 0. The predicted molar refractivity (Wildman–Crippen MR) is 128 cm³/mol. The Kier molecular flexibility index (Phi) is 7.13. The van der Waals surface area contributed by atoms with Crippen LogP contribution in [0.25, 0.3) is 10.9 Å². The maximum atomic E-state index is 15.6. The Labute approximate surface area is 205 Å². The molecular weight excluding hydrogens is 477 g/mol. The van der Waals surface area contributed by atoms with E-state index in [9.17, 15) is 24.6 Å². The van der Waals surface area contributed by atoms with Crippen molar-refractivity contribution in [1.29, 1.82) is 0 Å².